The first-order valence-electron chi connectivity index (χ1n) is 5.37. The highest BCUT2D eigenvalue weighted by atomic mass is 32.2. The highest BCUT2D eigenvalue weighted by Crippen LogP contribution is 2.13. The molecule has 0 unspecified atom stereocenters. The molecule has 1 aromatic rings. The molecule has 104 valence electrons. The smallest absolute Gasteiger partial charge is 0.244 e. The van der Waals surface area contributed by atoms with Crippen molar-refractivity contribution in [1.82, 2.24) is 5.32 Å². The Labute approximate surface area is 110 Å². The lowest BCUT2D eigenvalue weighted by molar-refractivity contribution is -0.116. The van der Waals surface area contributed by atoms with Gasteiger partial charge in [0.2, 0.25) is 5.91 Å². The van der Waals surface area contributed by atoms with Crippen molar-refractivity contribution in [2.24, 2.45) is 0 Å². The second kappa shape index (κ2) is 6.42. The number of nitrogens with one attached hydrogen (secondary N) is 1. The first-order valence-corrected chi connectivity index (χ1v) is 7.43. The molecule has 0 saturated heterocycles. The van der Waals surface area contributed by atoms with Crippen LogP contribution < -0.4 is 5.32 Å². The van der Waals surface area contributed by atoms with Crippen LogP contribution in [0.15, 0.2) is 24.3 Å². The highest BCUT2D eigenvalue weighted by Gasteiger charge is 2.06. The van der Waals surface area contributed by atoms with E-state index in [0.717, 1.165) is 30.5 Å². The minimum absolute atomic E-state index is 0.0538. The molecular weight excluding hydrogens is 276 g/mol. The molecule has 1 aromatic carbocycles. The quantitative estimate of drug-likeness (QED) is 0.827. The summed E-state index contributed by atoms with van der Waals surface area (Å²) in [5, 5.41) is 2.30. The van der Waals surface area contributed by atoms with E-state index in [2.05, 4.69) is 5.32 Å². The van der Waals surface area contributed by atoms with Crippen LogP contribution in [-0.4, -0.2) is 32.9 Å². The van der Waals surface area contributed by atoms with Gasteiger partial charge in [-0.05, 0) is 18.2 Å². The van der Waals surface area contributed by atoms with Gasteiger partial charge < -0.3 is 5.32 Å². The van der Waals surface area contributed by atoms with Crippen molar-refractivity contribution >= 4 is 21.8 Å². The van der Waals surface area contributed by atoms with Crippen molar-refractivity contribution in [3.05, 3.63) is 41.5 Å². The minimum Gasteiger partial charge on any atom is -0.352 e. The SMILES string of the molecule is CS(=O)(=O)CCNC(=O)C=Cc1c(F)cccc1F. The van der Waals surface area contributed by atoms with Gasteiger partial charge in [-0.1, -0.05) is 6.07 Å². The van der Waals surface area contributed by atoms with Gasteiger partial charge in [0.25, 0.3) is 0 Å². The Hall–Kier alpha value is -1.76. The molecule has 0 radical (unpaired) electrons. The third kappa shape index (κ3) is 5.60. The van der Waals surface area contributed by atoms with Gasteiger partial charge in [-0.25, -0.2) is 17.2 Å². The summed E-state index contributed by atoms with van der Waals surface area (Å²) in [7, 11) is -3.16. The molecule has 0 aromatic heterocycles. The van der Waals surface area contributed by atoms with Crippen LogP contribution in [0.5, 0.6) is 0 Å². The lowest BCUT2D eigenvalue weighted by Crippen LogP contribution is -2.27. The van der Waals surface area contributed by atoms with Gasteiger partial charge in [0.05, 0.1) is 5.75 Å². The molecular formula is C12H13F2NO3S. The van der Waals surface area contributed by atoms with Crippen molar-refractivity contribution < 1.29 is 22.0 Å². The van der Waals surface area contributed by atoms with E-state index >= 15 is 0 Å². The topological polar surface area (TPSA) is 63.2 Å². The maximum absolute atomic E-state index is 13.2. The fourth-order valence-corrected chi connectivity index (χ4v) is 1.72. The molecule has 4 nitrogen and oxygen atoms in total. The van der Waals surface area contributed by atoms with Crippen LogP contribution in [0, 0.1) is 11.6 Å². The van der Waals surface area contributed by atoms with E-state index in [9.17, 15) is 22.0 Å². The molecule has 0 atom stereocenters. The van der Waals surface area contributed by atoms with E-state index in [0.29, 0.717) is 0 Å². The normalized spacial score (nSPS) is 11.7. The highest BCUT2D eigenvalue weighted by molar-refractivity contribution is 7.90. The first-order chi connectivity index (χ1) is 8.79. The third-order valence-electron chi connectivity index (χ3n) is 2.17. The molecule has 1 rings (SSSR count). The number of hydrogen-bond donors (Lipinski definition) is 1. The lowest BCUT2D eigenvalue weighted by Gasteiger charge is -2.01. The van der Waals surface area contributed by atoms with Crippen LogP contribution in [0.2, 0.25) is 0 Å². The zero-order valence-electron chi connectivity index (χ0n) is 10.2. The molecule has 0 aliphatic carbocycles. The van der Waals surface area contributed by atoms with Crippen molar-refractivity contribution in [2.75, 3.05) is 18.6 Å². The average Bonchev–Trinajstić information content (AvgIpc) is 2.26. The summed E-state index contributed by atoms with van der Waals surface area (Å²) in [6.07, 6.45) is 2.99. The molecule has 0 saturated carbocycles. The molecule has 0 aliphatic rings. The molecule has 0 fully saturated rings. The maximum atomic E-state index is 13.2. The average molecular weight is 289 g/mol. The molecule has 19 heavy (non-hydrogen) atoms. The van der Waals surface area contributed by atoms with Crippen molar-refractivity contribution in [2.45, 2.75) is 0 Å². The molecule has 0 heterocycles. The van der Waals surface area contributed by atoms with E-state index in [4.69, 9.17) is 0 Å². The van der Waals surface area contributed by atoms with Crippen LogP contribution in [0.25, 0.3) is 6.08 Å². The van der Waals surface area contributed by atoms with Crippen molar-refractivity contribution in [3.63, 3.8) is 0 Å². The van der Waals surface area contributed by atoms with Crippen molar-refractivity contribution in [3.8, 4) is 0 Å². The minimum atomic E-state index is -3.16. The van der Waals surface area contributed by atoms with Crippen LogP contribution >= 0.6 is 0 Å². The van der Waals surface area contributed by atoms with Gasteiger partial charge in [-0.15, -0.1) is 0 Å². The van der Waals surface area contributed by atoms with E-state index in [1.165, 1.54) is 6.07 Å². The number of rotatable bonds is 5. The Morgan fingerprint density at radius 3 is 2.42 bits per heavy atom. The molecule has 1 N–H and O–H groups in total. The number of amides is 1. The monoisotopic (exact) mass is 289 g/mol. The summed E-state index contributed by atoms with van der Waals surface area (Å²) in [6, 6.07) is 3.36. The lowest BCUT2D eigenvalue weighted by atomic mass is 10.2. The Bertz CT molecular complexity index is 577. The zero-order chi connectivity index (χ0) is 14.5. The number of hydrogen-bond acceptors (Lipinski definition) is 3. The van der Waals surface area contributed by atoms with Gasteiger partial charge in [-0.2, -0.15) is 0 Å². The van der Waals surface area contributed by atoms with Gasteiger partial charge in [0.15, 0.2) is 0 Å². The Balaban J connectivity index is 2.59. The summed E-state index contributed by atoms with van der Waals surface area (Å²) in [5.74, 6) is -2.37. The van der Waals surface area contributed by atoms with Crippen LogP contribution in [0.4, 0.5) is 8.78 Å². The fourth-order valence-electron chi connectivity index (χ4n) is 1.25. The number of sulfone groups is 1. The van der Waals surface area contributed by atoms with E-state index in [1.807, 2.05) is 0 Å². The van der Waals surface area contributed by atoms with Gasteiger partial charge >= 0.3 is 0 Å². The third-order valence-corrected chi connectivity index (χ3v) is 3.12. The first kappa shape index (κ1) is 15.3. The summed E-state index contributed by atoms with van der Waals surface area (Å²) in [5.41, 5.74) is -0.319. The van der Waals surface area contributed by atoms with E-state index in [-0.39, 0.29) is 17.9 Å². The van der Waals surface area contributed by atoms with Gasteiger partial charge in [-0.3, -0.25) is 4.79 Å². The fraction of sp³-hybridized carbons (Fsp3) is 0.250. The van der Waals surface area contributed by atoms with Crippen LogP contribution in [0.1, 0.15) is 5.56 Å². The predicted octanol–water partition coefficient (Wildman–Crippen LogP) is 1.14. The number of benzene rings is 1. The molecule has 0 aliphatic heterocycles. The van der Waals surface area contributed by atoms with E-state index < -0.39 is 27.4 Å². The number of halogens is 2. The Morgan fingerprint density at radius 2 is 1.89 bits per heavy atom. The predicted molar refractivity (Wildman–Crippen MR) is 68.1 cm³/mol. The standard InChI is InChI=1S/C12H13F2NO3S/c1-19(17,18)8-7-15-12(16)6-5-9-10(13)3-2-4-11(9)14/h2-6H,7-8H2,1H3,(H,15,16). The van der Waals surface area contributed by atoms with E-state index in [1.54, 1.807) is 0 Å². The Morgan fingerprint density at radius 1 is 1.32 bits per heavy atom. The summed E-state index contributed by atoms with van der Waals surface area (Å²) in [4.78, 5) is 11.3. The Kier molecular flexibility index (Phi) is 5.17. The van der Waals surface area contributed by atoms with Crippen LogP contribution in [-0.2, 0) is 14.6 Å². The van der Waals surface area contributed by atoms with Crippen molar-refractivity contribution in [1.29, 1.82) is 0 Å². The van der Waals surface area contributed by atoms with Gasteiger partial charge in [0, 0.05) is 24.4 Å². The number of carbonyl (C=O) groups excluding carboxylic acids is 1. The maximum Gasteiger partial charge on any atom is 0.244 e. The second-order valence-electron chi connectivity index (χ2n) is 3.89. The molecule has 1 amide bonds. The molecule has 0 bridgehead atoms. The molecule has 7 heteroatoms. The van der Waals surface area contributed by atoms with Crippen LogP contribution in [0.3, 0.4) is 0 Å². The zero-order valence-corrected chi connectivity index (χ0v) is 11.0. The summed E-state index contributed by atoms with van der Waals surface area (Å²) < 4.78 is 48.0. The second-order valence-corrected chi connectivity index (χ2v) is 6.15. The largest absolute Gasteiger partial charge is 0.352 e. The van der Waals surface area contributed by atoms with Gasteiger partial charge in [0.1, 0.15) is 21.5 Å². The summed E-state index contributed by atoms with van der Waals surface area (Å²) >= 11 is 0. The molecule has 0 spiro atoms. The summed E-state index contributed by atoms with van der Waals surface area (Å²) in [6.45, 7) is -0.0538. The number of carbonyl (C=O) groups is 1.